The van der Waals surface area contributed by atoms with Crippen molar-refractivity contribution in [1.29, 1.82) is 0 Å². The van der Waals surface area contributed by atoms with Gasteiger partial charge in [0.25, 0.3) is 0 Å². The van der Waals surface area contributed by atoms with Gasteiger partial charge >= 0.3 is 0 Å². The van der Waals surface area contributed by atoms with Crippen molar-refractivity contribution in [3.63, 3.8) is 0 Å². The molecule has 0 N–H and O–H groups in total. The Morgan fingerprint density at radius 2 is 2.11 bits per heavy atom. The summed E-state index contributed by atoms with van der Waals surface area (Å²) in [6.45, 7) is 2.10. The van der Waals surface area contributed by atoms with Crippen molar-refractivity contribution in [3.05, 3.63) is 58.9 Å². The molecule has 144 valence electrons. The monoisotopic (exact) mass is 414 g/mol. The molecule has 4 nitrogen and oxygen atoms in total. The zero-order valence-electron chi connectivity index (χ0n) is 15.4. The van der Waals surface area contributed by atoms with E-state index in [1.54, 1.807) is 23.5 Å². The van der Waals surface area contributed by atoms with E-state index in [0.29, 0.717) is 17.0 Å². The van der Waals surface area contributed by atoms with Gasteiger partial charge in [-0.05, 0) is 44.0 Å². The topological polar surface area (TPSA) is 50.3 Å². The fourth-order valence-electron chi connectivity index (χ4n) is 3.41. The maximum Gasteiger partial charge on any atom is 0.233 e. The predicted octanol–water partition coefficient (Wildman–Crippen LogP) is 5.09. The second kappa shape index (κ2) is 8.01. The maximum absolute atomic E-state index is 14.2. The van der Waals surface area contributed by atoms with E-state index in [9.17, 15) is 14.0 Å². The van der Waals surface area contributed by atoms with E-state index in [-0.39, 0.29) is 23.5 Å². The first kappa shape index (κ1) is 19.1. The Kier molecular flexibility index (Phi) is 5.46. The molecule has 2 heterocycles. The third-order valence-corrected chi connectivity index (χ3v) is 7.03. The Hall–Kier alpha value is -2.25. The van der Waals surface area contributed by atoms with Crippen LogP contribution in [0.4, 0.5) is 4.39 Å². The standard InChI is InChI=1S/C21H19FN2O2S2/c1-13(25)14-8-9-18(15(22)11-14)27-12-20(26)24-10-4-6-17(24)21-23-16-5-2-3-7-19(16)28-21/h2-3,5,7-9,11,17H,4,6,10,12H2,1H3. The van der Waals surface area contributed by atoms with Gasteiger partial charge < -0.3 is 4.90 Å². The van der Waals surface area contributed by atoms with Crippen LogP contribution in [0.15, 0.2) is 47.4 Å². The number of amides is 1. The van der Waals surface area contributed by atoms with Crippen LogP contribution in [0.3, 0.4) is 0 Å². The van der Waals surface area contributed by atoms with Crippen molar-refractivity contribution in [2.75, 3.05) is 12.3 Å². The third kappa shape index (κ3) is 3.82. The summed E-state index contributed by atoms with van der Waals surface area (Å²) in [5, 5.41) is 0.967. The molecule has 0 bridgehead atoms. The first-order valence-corrected chi connectivity index (χ1v) is 10.9. The normalized spacial score (nSPS) is 16.6. The summed E-state index contributed by atoms with van der Waals surface area (Å²) in [5.74, 6) is -0.490. The number of carbonyl (C=O) groups excluding carboxylic acids is 2. The van der Waals surface area contributed by atoms with E-state index in [2.05, 4.69) is 0 Å². The molecule has 1 aliphatic rings. The number of aromatic nitrogens is 1. The Bertz CT molecular complexity index is 1020. The minimum absolute atomic E-state index is 0.00423. The number of rotatable bonds is 5. The van der Waals surface area contributed by atoms with Crippen molar-refractivity contribution in [2.45, 2.75) is 30.7 Å². The third-order valence-electron chi connectivity index (χ3n) is 4.86. The highest BCUT2D eigenvalue weighted by Gasteiger charge is 2.32. The first-order chi connectivity index (χ1) is 13.5. The van der Waals surface area contributed by atoms with Crippen LogP contribution in [0, 0.1) is 5.82 Å². The van der Waals surface area contributed by atoms with Crippen LogP contribution < -0.4 is 0 Å². The van der Waals surface area contributed by atoms with Gasteiger partial charge in [-0.25, -0.2) is 9.37 Å². The number of carbonyl (C=O) groups is 2. The summed E-state index contributed by atoms with van der Waals surface area (Å²) in [4.78, 5) is 31.1. The molecule has 1 atom stereocenters. The summed E-state index contributed by atoms with van der Waals surface area (Å²) in [6.07, 6.45) is 1.84. The van der Waals surface area contributed by atoms with E-state index in [0.717, 1.165) is 28.1 Å². The zero-order valence-corrected chi connectivity index (χ0v) is 17.0. The predicted molar refractivity (Wildman–Crippen MR) is 110 cm³/mol. The molecule has 0 radical (unpaired) electrons. The summed E-state index contributed by atoms with van der Waals surface area (Å²) >= 11 is 2.80. The Labute approximate surface area is 170 Å². The van der Waals surface area contributed by atoms with Gasteiger partial charge in [-0.3, -0.25) is 9.59 Å². The van der Waals surface area contributed by atoms with Gasteiger partial charge in [0.05, 0.1) is 22.0 Å². The molecule has 0 saturated carbocycles. The summed E-state index contributed by atoms with van der Waals surface area (Å²) in [7, 11) is 0. The lowest BCUT2D eigenvalue weighted by molar-refractivity contribution is -0.129. The van der Waals surface area contributed by atoms with Crippen LogP contribution in [0.2, 0.25) is 0 Å². The molecule has 7 heteroatoms. The number of para-hydroxylation sites is 1. The molecule has 1 saturated heterocycles. The fraction of sp³-hybridized carbons (Fsp3) is 0.286. The number of ketones is 1. The zero-order chi connectivity index (χ0) is 19.7. The average Bonchev–Trinajstić information content (AvgIpc) is 3.33. The largest absolute Gasteiger partial charge is 0.332 e. The summed E-state index contributed by atoms with van der Waals surface area (Å²) in [6, 6.07) is 12.4. The van der Waals surface area contributed by atoms with Gasteiger partial charge in [-0.15, -0.1) is 23.1 Å². The van der Waals surface area contributed by atoms with E-state index >= 15 is 0 Å². The van der Waals surface area contributed by atoms with E-state index in [1.807, 2.05) is 29.2 Å². The van der Waals surface area contributed by atoms with Gasteiger partial charge in [0, 0.05) is 17.0 Å². The molecule has 1 unspecified atom stereocenters. The minimum atomic E-state index is -0.463. The van der Waals surface area contributed by atoms with E-state index < -0.39 is 5.82 Å². The highest BCUT2D eigenvalue weighted by molar-refractivity contribution is 8.00. The number of thiazole rings is 1. The lowest BCUT2D eigenvalue weighted by atomic mass is 10.1. The number of benzene rings is 2. The molecule has 1 amide bonds. The number of hydrogen-bond acceptors (Lipinski definition) is 5. The maximum atomic E-state index is 14.2. The first-order valence-electron chi connectivity index (χ1n) is 9.11. The second-order valence-electron chi connectivity index (χ2n) is 6.76. The second-order valence-corrected chi connectivity index (χ2v) is 8.83. The smallest absolute Gasteiger partial charge is 0.233 e. The molecule has 28 heavy (non-hydrogen) atoms. The lowest BCUT2D eigenvalue weighted by Crippen LogP contribution is -2.31. The van der Waals surface area contributed by atoms with Crippen LogP contribution >= 0.6 is 23.1 Å². The number of likely N-dealkylation sites (tertiary alicyclic amines) is 1. The molecule has 4 rings (SSSR count). The highest BCUT2D eigenvalue weighted by atomic mass is 32.2. The molecule has 2 aromatic carbocycles. The van der Waals surface area contributed by atoms with Gasteiger partial charge in [-0.1, -0.05) is 18.2 Å². The van der Waals surface area contributed by atoms with Crippen LogP contribution in [0.25, 0.3) is 10.2 Å². The van der Waals surface area contributed by atoms with Crippen LogP contribution in [-0.4, -0.2) is 33.9 Å². The number of hydrogen-bond donors (Lipinski definition) is 0. The van der Waals surface area contributed by atoms with Crippen molar-refractivity contribution >= 4 is 45.0 Å². The molecule has 0 aliphatic carbocycles. The minimum Gasteiger partial charge on any atom is -0.332 e. The van der Waals surface area contributed by atoms with Gasteiger partial charge in [-0.2, -0.15) is 0 Å². The van der Waals surface area contributed by atoms with Gasteiger partial charge in [0.15, 0.2) is 5.78 Å². The summed E-state index contributed by atoms with van der Waals surface area (Å²) < 4.78 is 15.3. The van der Waals surface area contributed by atoms with Crippen LogP contribution in [0.5, 0.6) is 0 Å². The molecular weight excluding hydrogens is 395 g/mol. The Morgan fingerprint density at radius 1 is 1.29 bits per heavy atom. The quantitative estimate of drug-likeness (QED) is 0.431. The molecular formula is C21H19FN2O2S2. The fourth-order valence-corrected chi connectivity index (χ4v) is 5.33. The van der Waals surface area contributed by atoms with Crippen molar-refractivity contribution in [3.8, 4) is 0 Å². The molecule has 1 aromatic heterocycles. The number of nitrogens with zero attached hydrogens (tertiary/aromatic N) is 2. The number of halogens is 1. The molecule has 1 fully saturated rings. The summed E-state index contributed by atoms with van der Waals surface area (Å²) in [5.41, 5.74) is 1.30. The SMILES string of the molecule is CC(=O)c1ccc(SCC(=O)N2CCCC2c2nc3ccccc3s2)c(F)c1. The Balaban J connectivity index is 1.46. The van der Waals surface area contributed by atoms with E-state index in [4.69, 9.17) is 4.98 Å². The number of fused-ring (bicyclic) bond motifs is 1. The average molecular weight is 415 g/mol. The molecule has 1 aliphatic heterocycles. The van der Waals surface area contributed by atoms with Crippen LogP contribution in [0.1, 0.15) is 41.2 Å². The Morgan fingerprint density at radius 3 is 2.86 bits per heavy atom. The van der Waals surface area contributed by atoms with Gasteiger partial charge in [0.2, 0.25) is 5.91 Å². The molecule has 0 spiro atoms. The van der Waals surface area contributed by atoms with Crippen molar-refractivity contribution in [1.82, 2.24) is 9.88 Å². The highest BCUT2D eigenvalue weighted by Crippen LogP contribution is 2.37. The van der Waals surface area contributed by atoms with Gasteiger partial charge in [0.1, 0.15) is 10.8 Å². The van der Waals surface area contributed by atoms with Crippen molar-refractivity contribution < 1.29 is 14.0 Å². The molecule has 3 aromatic rings. The number of thioether (sulfide) groups is 1. The van der Waals surface area contributed by atoms with Crippen molar-refractivity contribution in [2.24, 2.45) is 0 Å². The lowest BCUT2D eigenvalue weighted by Gasteiger charge is -2.23. The van der Waals surface area contributed by atoms with E-state index in [1.165, 1.54) is 24.8 Å². The number of Topliss-reactive ketones (excluding diaryl/α,β-unsaturated/α-hetero) is 1. The van der Waals surface area contributed by atoms with Crippen LogP contribution in [-0.2, 0) is 4.79 Å².